The van der Waals surface area contributed by atoms with Gasteiger partial charge in [-0.3, -0.25) is 4.79 Å². The molecule has 1 saturated heterocycles. The molecule has 1 aromatic heterocycles. The summed E-state index contributed by atoms with van der Waals surface area (Å²) in [7, 11) is 0. The Bertz CT molecular complexity index is 644. The van der Waals surface area contributed by atoms with E-state index in [1.807, 2.05) is 18.2 Å². The van der Waals surface area contributed by atoms with Crippen LogP contribution in [0, 0.1) is 0 Å². The third kappa shape index (κ3) is 3.72. The minimum atomic E-state index is 0.494. The molecule has 1 aromatic carbocycles. The molecule has 124 valence electrons. The summed E-state index contributed by atoms with van der Waals surface area (Å²) in [5, 5.41) is 2.73. The number of carbonyl (C=O) groups excluding carboxylic acids is 1. The number of aromatic nitrogens is 2. The Balaban J connectivity index is 1.65. The molecule has 1 aliphatic rings. The lowest BCUT2D eigenvalue weighted by Gasteiger charge is -2.31. The van der Waals surface area contributed by atoms with Crippen LogP contribution < -0.4 is 5.32 Å². The van der Waals surface area contributed by atoms with Crippen LogP contribution in [0.2, 0.25) is 0 Å². The van der Waals surface area contributed by atoms with Crippen LogP contribution in [0.1, 0.15) is 50.8 Å². The topological polar surface area (TPSA) is 61.0 Å². The lowest BCUT2D eigenvalue weighted by Crippen LogP contribution is -2.33. The summed E-state index contributed by atoms with van der Waals surface area (Å²) in [6, 6.07) is 5.84. The molecule has 5 heteroatoms. The number of piperidine rings is 1. The number of amides is 1. The Morgan fingerprint density at radius 3 is 2.91 bits per heavy atom. The number of anilines is 1. The van der Waals surface area contributed by atoms with Gasteiger partial charge in [0.1, 0.15) is 11.3 Å². The molecule has 0 spiro atoms. The van der Waals surface area contributed by atoms with E-state index < -0.39 is 0 Å². The third-order valence-electron chi connectivity index (χ3n) is 4.80. The standard InChI is InChI=1S/C18H26N4O/c1-2-3-4-10-22-11-8-14(9-12-22)18-20-16-7-5-6-15(19-13-23)17(16)21-18/h5-7,13-14H,2-4,8-12H2,1H3,(H,19,23)(H,20,21). The van der Waals surface area contributed by atoms with Crippen molar-refractivity contribution >= 4 is 23.1 Å². The fourth-order valence-electron chi connectivity index (χ4n) is 3.44. The zero-order chi connectivity index (χ0) is 16.1. The van der Waals surface area contributed by atoms with Crippen LogP contribution in [0.5, 0.6) is 0 Å². The predicted octanol–water partition coefficient (Wildman–Crippen LogP) is 3.50. The number of aromatic amines is 1. The Hall–Kier alpha value is -1.88. The number of likely N-dealkylation sites (tertiary alicyclic amines) is 1. The van der Waals surface area contributed by atoms with E-state index in [9.17, 15) is 4.79 Å². The summed E-state index contributed by atoms with van der Waals surface area (Å²) in [5.74, 6) is 1.56. The smallest absolute Gasteiger partial charge is 0.211 e. The highest BCUT2D eigenvalue weighted by Crippen LogP contribution is 2.29. The van der Waals surface area contributed by atoms with Crippen LogP contribution in [0.3, 0.4) is 0 Å². The van der Waals surface area contributed by atoms with Gasteiger partial charge in [0.2, 0.25) is 6.41 Å². The van der Waals surface area contributed by atoms with Crippen LogP contribution in [0.15, 0.2) is 18.2 Å². The monoisotopic (exact) mass is 314 g/mol. The summed E-state index contributed by atoms with van der Waals surface area (Å²) in [4.78, 5) is 21.5. The van der Waals surface area contributed by atoms with Crippen molar-refractivity contribution in [2.75, 3.05) is 25.0 Å². The molecule has 0 radical (unpaired) electrons. The summed E-state index contributed by atoms with van der Waals surface area (Å²) in [6.07, 6.45) is 6.94. The van der Waals surface area contributed by atoms with Crippen LogP contribution in [-0.4, -0.2) is 40.9 Å². The molecule has 2 N–H and O–H groups in total. The number of hydrogen-bond donors (Lipinski definition) is 2. The Kier molecular flexibility index (Phi) is 5.28. The van der Waals surface area contributed by atoms with Crippen LogP contribution in [0.25, 0.3) is 11.0 Å². The van der Waals surface area contributed by atoms with Crippen molar-refractivity contribution in [2.45, 2.75) is 44.9 Å². The first-order valence-corrected chi connectivity index (χ1v) is 8.73. The fraction of sp³-hybridized carbons (Fsp3) is 0.556. The molecule has 1 amide bonds. The van der Waals surface area contributed by atoms with Crippen molar-refractivity contribution < 1.29 is 4.79 Å². The van der Waals surface area contributed by atoms with Gasteiger partial charge in [0, 0.05) is 5.92 Å². The third-order valence-corrected chi connectivity index (χ3v) is 4.80. The van der Waals surface area contributed by atoms with E-state index in [-0.39, 0.29) is 0 Å². The van der Waals surface area contributed by atoms with Gasteiger partial charge >= 0.3 is 0 Å². The summed E-state index contributed by atoms with van der Waals surface area (Å²) < 4.78 is 0. The highest BCUT2D eigenvalue weighted by Gasteiger charge is 2.23. The van der Waals surface area contributed by atoms with Crippen molar-refractivity contribution in [3.8, 4) is 0 Å². The lowest BCUT2D eigenvalue weighted by molar-refractivity contribution is -0.105. The summed E-state index contributed by atoms with van der Waals surface area (Å²) >= 11 is 0. The van der Waals surface area contributed by atoms with Crippen LogP contribution >= 0.6 is 0 Å². The number of carbonyl (C=O) groups is 1. The number of nitrogens with zero attached hydrogens (tertiary/aromatic N) is 2. The van der Waals surface area contributed by atoms with Gasteiger partial charge in [-0.1, -0.05) is 25.8 Å². The van der Waals surface area contributed by atoms with Gasteiger partial charge in [-0.05, 0) is 51.0 Å². The first-order valence-electron chi connectivity index (χ1n) is 8.73. The number of nitrogens with one attached hydrogen (secondary N) is 2. The van der Waals surface area contributed by atoms with Crippen LogP contribution in [0.4, 0.5) is 5.69 Å². The molecule has 0 saturated carbocycles. The molecule has 2 aromatic rings. The Morgan fingerprint density at radius 1 is 1.35 bits per heavy atom. The number of fused-ring (bicyclic) bond motifs is 1. The number of benzene rings is 1. The average molecular weight is 314 g/mol. The lowest BCUT2D eigenvalue weighted by atomic mass is 9.96. The van der Waals surface area contributed by atoms with E-state index in [1.54, 1.807) is 0 Å². The molecule has 2 heterocycles. The minimum absolute atomic E-state index is 0.494. The molecule has 23 heavy (non-hydrogen) atoms. The molecule has 5 nitrogen and oxygen atoms in total. The second-order valence-electron chi connectivity index (χ2n) is 6.41. The second-order valence-corrected chi connectivity index (χ2v) is 6.41. The molecule has 1 fully saturated rings. The Labute approximate surface area is 137 Å². The van der Waals surface area contributed by atoms with Gasteiger partial charge < -0.3 is 15.2 Å². The van der Waals surface area contributed by atoms with Crippen LogP contribution in [-0.2, 0) is 4.79 Å². The first kappa shape index (κ1) is 16.0. The molecule has 0 atom stereocenters. The number of H-pyrrole nitrogens is 1. The predicted molar refractivity (Wildman–Crippen MR) is 93.7 cm³/mol. The maximum absolute atomic E-state index is 10.7. The maximum atomic E-state index is 10.7. The van der Waals surface area contributed by atoms with E-state index in [4.69, 9.17) is 4.98 Å². The molecular weight excluding hydrogens is 288 g/mol. The molecule has 0 unspecified atom stereocenters. The molecule has 0 bridgehead atoms. The van der Waals surface area contributed by atoms with Crippen molar-refractivity contribution in [1.82, 2.24) is 14.9 Å². The number of rotatable bonds is 7. The van der Waals surface area contributed by atoms with Crippen molar-refractivity contribution in [3.05, 3.63) is 24.0 Å². The number of imidazole rings is 1. The normalized spacial score (nSPS) is 16.7. The highest BCUT2D eigenvalue weighted by atomic mass is 16.1. The minimum Gasteiger partial charge on any atom is -0.342 e. The maximum Gasteiger partial charge on any atom is 0.211 e. The van der Waals surface area contributed by atoms with E-state index in [0.717, 1.165) is 48.5 Å². The largest absolute Gasteiger partial charge is 0.342 e. The summed E-state index contributed by atoms with van der Waals surface area (Å²) in [6.45, 7) is 5.80. The van der Waals surface area contributed by atoms with Crippen molar-refractivity contribution in [3.63, 3.8) is 0 Å². The molecule has 3 rings (SSSR count). The number of para-hydroxylation sites is 1. The van der Waals surface area contributed by atoms with Gasteiger partial charge in [0.05, 0.1) is 11.2 Å². The Morgan fingerprint density at radius 2 is 2.17 bits per heavy atom. The van der Waals surface area contributed by atoms with Gasteiger partial charge in [0.25, 0.3) is 0 Å². The van der Waals surface area contributed by atoms with E-state index in [2.05, 4.69) is 22.1 Å². The second kappa shape index (κ2) is 7.59. The highest BCUT2D eigenvalue weighted by molar-refractivity contribution is 5.92. The van der Waals surface area contributed by atoms with Gasteiger partial charge in [-0.2, -0.15) is 0 Å². The van der Waals surface area contributed by atoms with Gasteiger partial charge in [-0.15, -0.1) is 0 Å². The zero-order valence-corrected chi connectivity index (χ0v) is 13.8. The number of unbranched alkanes of at least 4 members (excludes halogenated alkanes) is 2. The van der Waals surface area contributed by atoms with E-state index >= 15 is 0 Å². The summed E-state index contributed by atoms with van der Waals surface area (Å²) in [5.41, 5.74) is 2.63. The molecule has 1 aliphatic heterocycles. The number of hydrogen-bond acceptors (Lipinski definition) is 3. The van der Waals surface area contributed by atoms with Gasteiger partial charge in [0.15, 0.2) is 0 Å². The first-order chi connectivity index (χ1) is 11.3. The SMILES string of the molecule is CCCCCN1CCC(c2nc3c(NC=O)cccc3[nH]2)CC1. The molecule has 0 aliphatic carbocycles. The van der Waals surface area contributed by atoms with E-state index in [0.29, 0.717) is 12.3 Å². The quantitative estimate of drug-likeness (QED) is 0.607. The molecular formula is C18H26N4O. The van der Waals surface area contributed by atoms with Crippen molar-refractivity contribution in [1.29, 1.82) is 0 Å². The van der Waals surface area contributed by atoms with Gasteiger partial charge in [-0.25, -0.2) is 4.98 Å². The average Bonchev–Trinajstić information content (AvgIpc) is 3.01. The van der Waals surface area contributed by atoms with E-state index in [1.165, 1.54) is 25.8 Å². The van der Waals surface area contributed by atoms with Crippen molar-refractivity contribution in [2.24, 2.45) is 0 Å². The zero-order valence-electron chi connectivity index (χ0n) is 13.8. The fourth-order valence-corrected chi connectivity index (χ4v) is 3.44.